The SMILES string of the molecule is CCCC(C(=O)OC(C)(C)C)C(C)c1scc(C(=O)OC)c1C. The Morgan fingerprint density at radius 3 is 2.39 bits per heavy atom. The second-order valence-electron chi connectivity index (χ2n) is 6.85. The second-order valence-corrected chi connectivity index (χ2v) is 7.76. The van der Waals surface area contributed by atoms with Crippen molar-refractivity contribution in [1.29, 1.82) is 0 Å². The van der Waals surface area contributed by atoms with E-state index in [4.69, 9.17) is 9.47 Å². The summed E-state index contributed by atoms with van der Waals surface area (Å²) in [5.41, 5.74) is 0.989. The van der Waals surface area contributed by atoms with Gasteiger partial charge >= 0.3 is 11.9 Å². The van der Waals surface area contributed by atoms with E-state index in [0.717, 1.165) is 23.3 Å². The summed E-state index contributed by atoms with van der Waals surface area (Å²) in [5, 5.41) is 1.81. The summed E-state index contributed by atoms with van der Waals surface area (Å²) in [6.45, 7) is 11.6. The number of rotatable bonds is 6. The third-order valence-electron chi connectivity index (χ3n) is 3.81. The lowest BCUT2D eigenvalue weighted by atomic mass is 9.87. The van der Waals surface area contributed by atoms with E-state index < -0.39 is 5.60 Å². The highest BCUT2D eigenvalue weighted by atomic mass is 32.1. The van der Waals surface area contributed by atoms with E-state index in [1.165, 1.54) is 18.4 Å². The quantitative estimate of drug-likeness (QED) is 0.704. The Morgan fingerprint density at radius 2 is 1.91 bits per heavy atom. The van der Waals surface area contributed by atoms with Crippen molar-refractivity contribution in [1.82, 2.24) is 0 Å². The molecule has 130 valence electrons. The number of hydrogen-bond acceptors (Lipinski definition) is 5. The van der Waals surface area contributed by atoms with E-state index in [1.54, 1.807) is 0 Å². The number of hydrogen-bond donors (Lipinski definition) is 0. The predicted molar refractivity (Wildman–Crippen MR) is 93.1 cm³/mol. The average Bonchev–Trinajstić information content (AvgIpc) is 2.83. The molecule has 1 rings (SSSR count). The molecule has 0 bridgehead atoms. The minimum Gasteiger partial charge on any atom is -0.465 e. The molecule has 0 aliphatic carbocycles. The molecule has 2 unspecified atom stereocenters. The van der Waals surface area contributed by atoms with Crippen molar-refractivity contribution in [3.05, 3.63) is 21.4 Å². The molecular formula is C18H28O4S. The number of carbonyl (C=O) groups excluding carboxylic acids is 2. The average molecular weight is 340 g/mol. The molecule has 23 heavy (non-hydrogen) atoms. The van der Waals surface area contributed by atoms with E-state index in [1.807, 2.05) is 40.0 Å². The van der Waals surface area contributed by atoms with Gasteiger partial charge in [-0.1, -0.05) is 20.3 Å². The van der Waals surface area contributed by atoms with E-state index >= 15 is 0 Å². The Labute approximate surface area is 143 Å². The maximum absolute atomic E-state index is 12.6. The first kappa shape index (κ1) is 19.7. The fourth-order valence-electron chi connectivity index (χ4n) is 2.64. The van der Waals surface area contributed by atoms with Crippen LogP contribution in [0.15, 0.2) is 5.38 Å². The molecule has 0 aliphatic heterocycles. The van der Waals surface area contributed by atoms with Gasteiger partial charge in [-0.15, -0.1) is 11.3 Å². The molecule has 4 nitrogen and oxygen atoms in total. The maximum atomic E-state index is 12.6. The first-order valence-corrected chi connectivity index (χ1v) is 8.89. The Hall–Kier alpha value is -1.36. The van der Waals surface area contributed by atoms with Gasteiger partial charge in [0.2, 0.25) is 0 Å². The van der Waals surface area contributed by atoms with Crippen molar-refractivity contribution >= 4 is 23.3 Å². The van der Waals surface area contributed by atoms with Crippen LogP contribution in [-0.2, 0) is 14.3 Å². The number of methoxy groups -OCH3 is 1. The van der Waals surface area contributed by atoms with Crippen LogP contribution in [0.3, 0.4) is 0 Å². The molecule has 1 aromatic heterocycles. The number of ether oxygens (including phenoxy) is 2. The zero-order chi connectivity index (χ0) is 17.8. The van der Waals surface area contributed by atoms with Gasteiger partial charge < -0.3 is 9.47 Å². The highest BCUT2D eigenvalue weighted by Gasteiger charge is 2.32. The van der Waals surface area contributed by atoms with Crippen molar-refractivity contribution in [3.63, 3.8) is 0 Å². The fraction of sp³-hybridized carbons (Fsp3) is 0.667. The number of thiophene rings is 1. The van der Waals surface area contributed by atoms with Gasteiger partial charge in [0, 0.05) is 16.2 Å². The molecule has 0 spiro atoms. The predicted octanol–water partition coefficient (Wildman–Crippen LogP) is 4.70. The smallest absolute Gasteiger partial charge is 0.338 e. The number of carbonyl (C=O) groups is 2. The van der Waals surface area contributed by atoms with Crippen LogP contribution < -0.4 is 0 Å². The topological polar surface area (TPSA) is 52.6 Å². The van der Waals surface area contributed by atoms with Gasteiger partial charge in [-0.05, 0) is 39.7 Å². The van der Waals surface area contributed by atoms with Crippen LogP contribution in [0.1, 0.15) is 74.2 Å². The molecule has 0 N–H and O–H groups in total. The highest BCUT2D eigenvalue weighted by molar-refractivity contribution is 7.10. The molecule has 5 heteroatoms. The largest absolute Gasteiger partial charge is 0.465 e. The third-order valence-corrected chi connectivity index (χ3v) is 5.09. The summed E-state index contributed by atoms with van der Waals surface area (Å²) in [5.74, 6) is -0.698. The van der Waals surface area contributed by atoms with Gasteiger partial charge in [0.05, 0.1) is 18.6 Å². The summed E-state index contributed by atoms with van der Waals surface area (Å²) in [7, 11) is 1.38. The maximum Gasteiger partial charge on any atom is 0.338 e. The third kappa shape index (κ3) is 5.06. The zero-order valence-electron chi connectivity index (χ0n) is 15.2. The molecule has 1 heterocycles. The molecular weight excluding hydrogens is 312 g/mol. The summed E-state index contributed by atoms with van der Waals surface area (Å²) < 4.78 is 10.4. The van der Waals surface area contributed by atoms with Crippen LogP contribution in [0, 0.1) is 12.8 Å². The highest BCUT2D eigenvalue weighted by Crippen LogP contribution is 2.37. The Kier molecular flexibility index (Phi) is 6.81. The molecule has 0 amide bonds. The monoisotopic (exact) mass is 340 g/mol. The molecule has 0 saturated carbocycles. The van der Waals surface area contributed by atoms with Crippen LogP contribution in [-0.4, -0.2) is 24.6 Å². The van der Waals surface area contributed by atoms with E-state index in [9.17, 15) is 9.59 Å². The van der Waals surface area contributed by atoms with Gasteiger partial charge in [0.1, 0.15) is 5.60 Å². The van der Waals surface area contributed by atoms with Gasteiger partial charge in [-0.2, -0.15) is 0 Å². The van der Waals surface area contributed by atoms with Crippen LogP contribution in [0.4, 0.5) is 0 Å². The molecule has 0 aromatic carbocycles. The van der Waals surface area contributed by atoms with Gasteiger partial charge in [0.25, 0.3) is 0 Å². The van der Waals surface area contributed by atoms with Crippen molar-refractivity contribution in [3.8, 4) is 0 Å². The second kappa shape index (κ2) is 7.95. The Bertz CT molecular complexity index is 554. The summed E-state index contributed by atoms with van der Waals surface area (Å²) >= 11 is 1.51. The normalized spacial score (nSPS) is 14.2. The molecule has 0 fully saturated rings. The van der Waals surface area contributed by atoms with Gasteiger partial charge in [-0.25, -0.2) is 4.79 Å². The summed E-state index contributed by atoms with van der Waals surface area (Å²) in [4.78, 5) is 25.4. The van der Waals surface area contributed by atoms with Crippen LogP contribution in [0.2, 0.25) is 0 Å². The zero-order valence-corrected chi connectivity index (χ0v) is 16.0. The summed E-state index contributed by atoms with van der Waals surface area (Å²) in [6.07, 6.45) is 1.67. The van der Waals surface area contributed by atoms with Crippen molar-refractivity contribution in [2.24, 2.45) is 5.92 Å². The minimum atomic E-state index is -0.496. The van der Waals surface area contributed by atoms with E-state index in [-0.39, 0.29) is 23.8 Å². The molecule has 1 aromatic rings. The number of esters is 2. The standard InChI is InChI=1S/C18H28O4S/c1-8-9-13(17(20)22-18(4,5)6)11(2)15-12(3)14(10-23-15)16(19)21-7/h10-11,13H,8-9H2,1-7H3. The first-order chi connectivity index (χ1) is 10.6. The van der Waals surface area contributed by atoms with Gasteiger partial charge in [-0.3, -0.25) is 4.79 Å². The van der Waals surface area contributed by atoms with Crippen molar-refractivity contribution < 1.29 is 19.1 Å². The first-order valence-electron chi connectivity index (χ1n) is 8.01. The van der Waals surface area contributed by atoms with Crippen molar-refractivity contribution in [2.45, 2.75) is 65.9 Å². The van der Waals surface area contributed by atoms with Gasteiger partial charge in [0.15, 0.2) is 0 Å². The Morgan fingerprint density at radius 1 is 1.30 bits per heavy atom. The van der Waals surface area contributed by atoms with Crippen LogP contribution >= 0.6 is 11.3 Å². The lowest BCUT2D eigenvalue weighted by molar-refractivity contribution is -0.161. The van der Waals surface area contributed by atoms with E-state index in [2.05, 4.69) is 6.92 Å². The minimum absolute atomic E-state index is 0.00760. The molecule has 2 atom stereocenters. The van der Waals surface area contributed by atoms with Crippen molar-refractivity contribution in [2.75, 3.05) is 7.11 Å². The Balaban J connectivity index is 3.07. The lowest BCUT2D eigenvalue weighted by Gasteiger charge is -2.27. The lowest BCUT2D eigenvalue weighted by Crippen LogP contribution is -2.31. The van der Waals surface area contributed by atoms with Crippen LogP contribution in [0.5, 0.6) is 0 Å². The van der Waals surface area contributed by atoms with E-state index in [0.29, 0.717) is 5.56 Å². The molecule has 0 saturated heterocycles. The molecule has 0 aliphatic rings. The molecule has 0 radical (unpaired) electrons. The summed E-state index contributed by atoms with van der Waals surface area (Å²) in [6, 6.07) is 0. The fourth-order valence-corrected chi connectivity index (χ4v) is 3.82. The van der Waals surface area contributed by atoms with Crippen LogP contribution in [0.25, 0.3) is 0 Å².